The Morgan fingerprint density at radius 2 is 2.26 bits per heavy atom. The number of rotatable bonds is 7. The van der Waals surface area contributed by atoms with Gasteiger partial charge >= 0.3 is 12.1 Å². The molecule has 1 aromatic heterocycles. The highest BCUT2D eigenvalue weighted by atomic mass is 16.6. The fraction of sp³-hybridized carbons (Fsp3) is 0.545. The van der Waals surface area contributed by atoms with E-state index >= 15 is 0 Å². The lowest BCUT2D eigenvalue weighted by Gasteiger charge is -2.08. The molecule has 0 aliphatic carbocycles. The molecule has 0 aromatic carbocycles. The Labute approximate surface area is 109 Å². The van der Waals surface area contributed by atoms with Crippen LogP contribution in [0.2, 0.25) is 0 Å². The largest absolute Gasteiger partial charge is 0.475 e. The topological polar surface area (TPSA) is 111 Å². The number of carbonyl (C=O) groups excluding carboxylic acids is 1. The first-order valence-electron chi connectivity index (χ1n) is 5.72. The van der Waals surface area contributed by atoms with Crippen LogP contribution in [0.15, 0.2) is 10.6 Å². The van der Waals surface area contributed by atoms with Crippen LogP contribution in [0.4, 0.5) is 4.79 Å². The average Bonchev–Trinajstić information content (AvgIpc) is 2.81. The van der Waals surface area contributed by atoms with Crippen molar-refractivity contribution in [2.45, 2.75) is 13.8 Å². The Morgan fingerprint density at radius 1 is 1.53 bits per heavy atom. The quantitative estimate of drug-likeness (QED) is 0.716. The molecule has 0 aliphatic heterocycles. The van der Waals surface area contributed by atoms with E-state index in [4.69, 9.17) is 14.6 Å². The van der Waals surface area contributed by atoms with Crippen molar-refractivity contribution >= 4 is 12.1 Å². The highest BCUT2D eigenvalue weighted by Gasteiger charge is 2.11. The summed E-state index contributed by atoms with van der Waals surface area (Å²) in [5.74, 6) is -1.21. The van der Waals surface area contributed by atoms with Gasteiger partial charge in [0.2, 0.25) is 5.76 Å². The maximum atomic E-state index is 11.2. The van der Waals surface area contributed by atoms with E-state index in [0.717, 1.165) is 6.07 Å². The van der Waals surface area contributed by atoms with Crippen molar-refractivity contribution in [1.29, 1.82) is 0 Å². The second-order valence-electron chi connectivity index (χ2n) is 4.10. The van der Waals surface area contributed by atoms with Gasteiger partial charge in [-0.2, -0.15) is 0 Å². The van der Waals surface area contributed by atoms with E-state index in [9.17, 15) is 9.59 Å². The standard InChI is InChI=1S/C11H16N2O6/c1-7(2)6-18-11(16)12-3-4-17-9-5-8(10(14)15)19-13-9/h5,7H,3-4,6H2,1-2H3,(H,12,16)(H,14,15). The summed E-state index contributed by atoms with van der Waals surface area (Å²) in [6.45, 7) is 4.55. The van der Waals surface area contributed by atoms with Crippen molar-refractivity contribution in [3.05, 3.63) is 11.8 Å². The fourth-order valence-electron chi connectivity index (χ4n) is 1.03. The van der Waals surface area contributed by atoms with E-state index in [2.05, 4.69) is 15.0 Å². The molecule has 0 radical (unpaired) electrons. The number of alkyl carbamates (subject to hydrolysis) is 1. The predicted molar refractivity (Wildman–Crippen MR) is 63.1 cm³/mol. The molecule has 0 unspecified atom stereocenters. The summed E-state index contributed by atoms with van der Waals surface area (Å²) in [5, 5.41) is 14.5. The normalized spacial score (nSPS) is 10.3. The summed E-state index contributed by atoms with van der Waals surface area (Å²) in [6, 6.07) is 1.15. The number of carboxylic acids is 1. The van der Waals surface area contributed by atoms with Crippen LogP contribution in [0.1, 0.15) is 24.4 Å². The van der Waals surface area contributed by atoms with Crippen LogP contribution in [0.3, 0.4) is 0 Å². The number of hydrogen-bond acceptors (Lipinski definition) is 6. The number of aromatic nitrogens is 1. The van der Waals surface area contributed by atoms with E-state index in [-0.39, 0.29) is 30.7 Å². The van der Waals surface area contributed by atoms with Gasteiger partial charge in [-0.15, -0.1) is 0 Å². The van der Waals surface area contributed by atoms with Crippen LogP contribution in [0, 0.1) is 5.92 Å². The molecule has 0 atom stereocenters. The van der Waals surface area contributed by atoms with E-state index in [1.54, 1.807) is 0 Å². The van der Waals surface area contributed by atoms with Crippen molar-refractivity contribution < 1.29 is 28.7 Å². The predicted octanol–water partition coefficient (Wildman–Crippen LogP) is 1.13. The summed E-state index contributed by atoms with van der Waals surface area (Å²) >= 11 is 0. The maximum absolute atomic E-state index is 11.2. The third kappa shape index (κ3) is 5.75. The highest BCUT2D eigenvalue weighted by molar-refractivity contribution is 5.84. The second kappa shape index (κ2) is 7.24. The van der Waals surface area contributed by atoms with Crippen LogP contribution >= 0.6 is 0 Å². The lowest BCUT2D eigenvalue weighted by Crippen LogP contribution is -2.29. The maximum Gasteiger partial charge on any atom is 0.407 e. The average molecular weight is 272 g/mol. The first kappa shape index (κ1) is 14.8. The van der Waals surface area contributed by atoms with E-state index < -0.39 is 12.1 Å². The molecule has 0 spiro atoms. The van der Waals surface area contributed by atoms with Crippen LogP contribution in [0.25, 0.3) is 0 Å². The Kier molecular flexibility index (Phi) is 5.65. The minimum atomic E-state index is -1.22. The van der Waals surface area contributed by atoms with Gasteiger partial charge in [-0.1, -0.05) is 13.8 Å². The number of aromatic carboxylic acids is 1. The number of nitrogens with zero attached hydrogens (tertiary/aromatic N) is 1. The van der Waals surface area contributed by atoms with Gasteiger partial charge in [0.25, 0.3) is 5.88 Å². The van der Waals surface area contributed by atoms with Crippen molar-refractivity contribution in [3.63, 3.8) is 0 Å². The number of amides is 1. The monoisotopic (exact) mass is 272 g/mol. The molecular weight excluding hydrogens is 256 g/mol. The molecule has 0 saturated heterocycles. The first-order valence-corrected chi connectivity index (χ1v) is 5.72. The van der Waals surface area contributed by atoms with Crippen LogP contribution in [-0.4, -0.2) is 42.1 Å². The summed E-state index contributed by atoms with van der Waals surface area (Å²) in [4.78, 5) is 21.6. The van der Waals surface area contributed by atoms with Crippen LogP contribution < -0.4 is 10.1 Å². The molecule has 1 heterocycles. The number of hydrogen-bond donors (Lipinski definition) is 2. The van der Waals surface area contributed by atoms with E-state index in [0.29, 0.717) is 6.61 Å². The summed E-state index contributed by atoms with van der Waals surface area (Å²) in [5.41, 5.74) is 0. The van der Waals surface area contributed by atoms with Gasteiger partial charge in [0.1, 0.15) is 6.61 Å². The molecule has 0 aliphatic rings. The molecule has 8 heteroatoms. The zero-order valence-corrected chi connectivity index (χ0v) is 10.7. The molecular formula is C11H16N2O6. The number of ether oxygens (including phenoxy) is 2. The highest BCUT2D eigenvalue weighted by Crippen LogP contribution is 2.10. The molecule has 1 aromatic rings. The third-order valence-electron chi connectivity index (χ3n) is 1.87. The number of carboxylic acid groups (broad SMARTS) is 1. The fourth-order valence-corrected chi connectivity index (χ4v) is 1.03. The van der Waals surface area contributed by atoms with Crippen molar-refractivity contribution in [2.24, 2.45) is 5.92 Å². The summed E-state index contributed by atoms with van der Waals surface area (Å²) in [7, 11) is 0. The molecule has 1 rings (SSSR count). The number of nitrogens with one attached hydrogen (secondary N) is 1. The molecule has 106 valence electrons. The van der Waals surface area contributed by atoms with Gasteiger partial charge in [-0.3, -0.25) is 0 Å². The van der Waals surface area contributed by atoms with Gasteiger partial charge in [0.15, 0.2) is 0 Å². The Hall–Kier alpha value is -2.25. The molecule has 1 amide bonds. The Morgan fingerprint density at radius 3 is 2.84 bits per heavy atom. The van der Waals surface area contributed by atoms with E-state index in [1.165, 1.54) is 0 Å². The van der Waals surface area contributed by atoms with Gasteiger partial charge in [-0.25, -0.2) is 9.59 Å². The van der Waals surface area contributed by atoms with Gasteiger partial charge in [0, 0.05) is 0 Å². The number of carbonyl (C=O) groups is 2. The molecule has 0 fully saturated rings. The van der Waals surface area contributed by atoms with Gasteiger partial charge in [-0.05, 0) is 11.1 Å². The third-order valence-corrected chi connectivity index (χ3v) is 1.87. The van der Waals surface area contributed by atoms with Crippen LogP contribution in [0.5, 0.6) is 5.88 Å². The van der Waals surface area contributed by atoms with Crippen LogP contribution in [-0.2, 0) is 4.74 Å². The summed E-state index contributed by atoms with van der Waals surface area (Å²) < 4.78 is 14.4. The molecule has 2 N–H and O–H groups in total. The molecule has 0 saturated carbocycles. The second-order valence-corrected chi connectivity index (χ2v) is 4.10. The van der Waals surface area contributed by atoms with Crippen molar-refractivity contribution in [3.8, 4) is 5.88 Å². The lowest BCUT2D eigenvalue weighted by molar-refractivity contribution is 0.0651. The summed E-state index contributed by atoms with van der Waals surface area (Å²) in [6.07, 6.45) is -0.524. The minimum Gasteiger partial charge on any atom is -0.475 e. The Balaban J connectivity index is 2.16. The molecule has 19 heavy (non-hydrogen) atoms. The zero-order valence-electron chi connectivity index (χ0n) is 10.7. The smallest absolute Gasteiger partial charge is 0.407 e. The SMILES string of the molecule is CC(C)COC(=O)NCCOc1cc(C(=O)O)on1. The first-order chi connectivity index (χ1) is 8.99. The Bertz CT molecular complexity index is 429. The van der Waals surface area contributed by atoms with Gasteiger partial charge in [0.05, 0.1) is 19.2 Å². The van der Waals surface area contributed by atoms with E-state index in [1.807, 2.05) is 13.8 Å². The lowest BCUT2D eigenvalue weighted by atomic mass is 10.2. The van der Waals surface area contributed by atoms with Crippen molar-refractivity contribution in [2.75, 3.05) is 19.8 Å². The molecule has 0 bridgehead atoms. The zero-order chi connectivity index (χ0) is 14.3. The van der Waals surface area contributed by atoms with Gasteiger partial charge < -0.3 is 24.4 Å². The molecule has 8 nitrogen and oxygen atoms in total. The van der Waals surface area contributed by atoms with Crippen molar-refractivity contribution in [1.82, 2.24) is 10.5 Å². The minimum absolute atomic E-state index is 0.0507.